The van der Waals surface area contributed by atoms with E-state index >= 15 is 0 Å². The first-order chi connectivity index (χ1) is 9.72. The van der Waals surface area contributed by atoms with E-state index in [0.717, 1.165) is 32.1 Å². The minimum atomic E-state index is -0.272. The lowest BCUT2D eigenvalue weighted by Crippen LogP contribution is -2.51. The Morgan fingerprint density at radius 3 is 2.35 bits per heavy atom. The first kappa shape index (κ1) is 15.8. The fourth-order valence-electron chi connectivity index (χ4n) is 4.14. The lowest BCUT2D eigenvalue weighted by atomic mass is 9.77. The molecular formula is C17H32N2O. The summed E-state index contributed by atoms with van der Waals surface area (Å²) in [5.74, 6) is 0.931. The first-order valence-corrected chi connectivity index (χ1v) is 8.73. The van der Waals surface area contributed by atoms with E-state index in [-0.39, 0.29) is 11.3 Å². The average molecular weight is 280 g/mol. The Hall–Kier alpha value is -0.570. The maximum absolute atomic E-state index is 12.8. The van der Waals surface area contributed by atoms with Crippen molar-refractivity contribution in [3.05, 3.63) is 0 Å². The normalized spacial score (nSPS) is 30.5. The van der Waals surface area contributed by atoms with Crippen LogP contribution in [0.5, 0.6) is 0 Å². The molecule has 0 saturated heterocycles. The molecule has 3 heteroatoms. The van der Waals surface area contributed by atoms with E-state index in [2.05, 4.69) is 12.2 Å². The molecule has 2 aliphatic carbocycles. The highest BCUT2D eigenvalue weighted by atomic mass is 16.2. The van der Waals surface area contributed by atoms with Crippen LogP contribution in [0.1, 0.15) is 77.6 Å². The number of nitrogens with two attached hydrogens (primary N) is 1. The van der Waals surface area contributed by atoms with Crippen molar-refractivity contribution < 1.29 is 4.79 Å². The van der Waals surface area contributed by atoms with E-state index in [1.165, 1.54) is 38.5 Å². The zero-order valence-corrected chi connectivity index (χ0v) is 13.1. The molecule has 2 fully saturated rings. The summed E-state index contributed by atoms with van der Waals surface area (Å²) in [6, 6.07) is 0.396. The van der Waals surface area contributed by atoms with Gasteiger partial charge in [0.2, 0.25) is 5.91 Å². The second-order valence-corrected chi connectivity index (χ2v) is 6.93. The van der Waals surface area contributed by atoms with Crippen LogP contribution in [0.15, 0.2) is 0 Å². The van der Waals surface area contributed by atoms with Crippen LogP contribution >= 0.6 is 0 Å². The maximum Gasteiger partial charge on any atom is 0.227 e. The van der Waals surface area contributed by atoms with Crippen LogP contribution in [-0.2, 0) is 4.79 Å². The van der Waals surface area contributed by atoms with Crippen molar-refractivity contribution in [2.45, 2.75) is 83.6 Å². The predicted octanol–water partition coefficient (Wildman–Crippen LogP) is 3.37. The lowest BCUT2D eigenvalue weighted by molar-refractivity contribution is -0.132. The first-order valence-electron chi connectivity index (χ1n) is 8.73. The monoisotopic (exact) mass is 280 g/mol. The van der Waals surface area contributed by atoms with Gasteiger partial charge in [0.05, 0.1) is 5.41 Å². The van der Waals surface area contributed by atoms with Gasteiger partial charge in [-0.3, -0.25) is 4.79 Å². The molecular weight excluding hydrogens is 248 g/mol. The second-order valence-electron chi connectivity index (χ2n) is 6.93. The Balaban J connectivity index is 2.00. The van der Waals surface area contributed by atoms with Crippen LogP contribution in [0.25, 0.3) is 0 Å². The second kappa shape index (κ2) is 7.44. The molecule has 3 nitrogen and oxygen atoms in total. The summed E-state index contributed by atoms with van der Waals surface area (Å²) in [6.45, 7) is 2.77. The van der Waals surface area contributed by atoms with E-state index in [0.29, 0.717) is 18.5 Å². The smallest absolute Gasteiger partial charge is 0.227 e. The molecule has 0 heterocycles. The summed E-state index contributed by atoms with van der Waals surface area (Å²) in [7, 11) is 0. The quantitative estimate of drug-likeness (QED) is 0.776. The fourth-order valence-corrected chi connectivity index (χ4v) is 4.14. The zero-order chi connectivity index (χ0) is 14.4. The Labute approximate surface area is 124 Å². The molecule has 2 rings (SSSR count). The lowest BCUT2D eigenvalue weighted by Gasteiger charge is -2.36. The Kier molecular flexibility index (Phi) is 5.88. The minimum Gasteiger partial charge on any atom is -0.353 e. The SMILES string of the molecule is CCC1CCCCC1NC(=O)C1(CN)CCCCCC1. The predicted molar refractivity (Wildman–Crippen MR) is 83.4 cm³/mol. The number of nitrogens with one attached hydrogen (secondary N) is 1. The minimum absolute atomic E-state index is 0.257. The summed E-state index contributed by atoms with van der Waals surface area (Å²) in [5, 5.41) is 3.39. The van der Waals surface area contributed by atoms with Gasteiger partial charge >= 0.3 is 0 Å². The third-order valence-corrected chi connectivity index (χ3v) is 5.68. The van der Waals surface area contributed by atoms with Crippen molar-refractivity contribution in [1.82, 2.24) is 5.32 Å². The van der Waals surface area contributed by atoms with Crippen molar-refractivity contribution in [2.24, 2.45) is 17.1 Å². The molecule has 20 heavy (non-hydrogen) atoms. The molecule has 0 aromatic rings. The number of hydrogen-bond donors (Lipinski definition) is 2. The highest BCUT2D eigenvalue weighted by molar-refractivity contribution is 5.83. The topological polar surface area (TPSA) is 55.1 Å². The van der Waals surface area contributed by atoms with Gasteiger partial charge in [0.25, 0.3) is 0 Å². The number of hydrogen-bond acceptors (Lipinski definition) is 2. The van der Waals surface area contributed by atoms with Crippen LogP contribution in [-0.4, -0.2) is 18.5 Å². The molecule has 0 aromatic heterocycles. The van der Waals surface area contributed by atoms with Crippen molar-refractivity contribution in [3.63, 3.8) is 0 Å². The van der Waals surface area contributed by atoms with Crippen LogP contribution < -0.4 is 11.1 Å². The van der Waals surface area contributed by atoms with E-state index < -0.39 is 0 Å². The van der Waals surface area contributed by atoms with Crippen molar-refractivity contribution in [3.8, 4) is 0 Å². The number of rotatable bonds is 4. The van der Waals surface area contributed by atoms with E-state index in [9.17, 15) is 4.79 Å². The summed E-state index contributed by atoms with van der Waals surface area (Å²) >= 11 is 0. The molecule has 0 aromatic carbocycles. The van der Waals surface area contributed by atoms with Gasteiger partial charge in [-0.15, -0.1) is 0 Å². The average Bonchev–Trinajstić information content (AvgIpc) is 2.74. The van der Waals surface area contributed by atoms with Crippen LogP contribution in [0.2, 0.25) is 0 Å². The standard InChI is InChI=1S/C17H32N2O/c1-2-14-9-5-6-10-15(14)19-16(20)17(13-18)11-7-3-4-8-12-17/h14-15H,2-13,18H2,1H3,(H,19,20). The Morgan fingerprint density at radius 1 is 1.10 bits per heavy atom. The van der Waals surface area contributed by atoms with Crippen LogP contribution in [0.3, 0.4) is 0 Å². The van der Waals surface area contributed by atoms with E-state index in [4.69, 9.17) is 5.73 Å². The highest BCUT2D eigenvalue weighted by Gasteiger charge is 2.39. The molecule has 2 saturated carbocycles. The third kappa shape index (κ3) is 3.55. The van der Waals surface area contributed by atoms with Gasteiger partial charge in [-0.2, -0.15) is 0 Å². The molecule has 0 bridgehead atoms. The van der Waals surface area contributed by atoms with Gasteiger partial charge in [0, 0.05) is 12.6 Å². The van der Waals surface area contributed by atoms with Gasteiger partial charge in [-0.05, 0) is 31.6 Å². The fraction of sp³-hybridized carbons (Fsp3) is 0.941. The van der Waals surface area contributed by atoms with Crippen LogP contribution in [0, 0.1) is 11.3 Å². The summed E-state index contributed by atoms with van der Waals surface area (Å²) < 4.78 is 0. The molecule has 0 aliphatic heterocycles. The molecule has 0 radical (unpaired) electrons. The van der Waals surface area contributed by atoms with Crippen molar-refractivity contribution >= 4 is 5.91 Å². The van der Waals surface area contributed by atoms with Gasteiger partial charge < -0.3 is 11.1 Å². The van der Waals surface area contributed by atoms with Gasteiger partial charge in [-0.25, -0.2) is 0 Å². The largest absolute Gasteiger partial charge is 0.353 e. The van der Waals surface area contributed by atoms with Gasteiger partial charge in [0.1, 0.15) is 0 Å². The zero-order valence-electron chi connectivity index (χ0n) is 13.1. The van der Waals surface area contributed by atoms with E-state index in [1.54, 1.807) is 0 Å². The van der Waals surface area contributed by atoms with E-state index in [1.807, 2.05) is 0 Å². The van der Waals surface area contributed by atoms with Gasteiger partial charge in [0.15, 0.2) is 0 Å². The molecule has 2 unspecified atom stereocenters. The molecule has 1 amide bonds. The van der Waals surface area contributed by atoms with Crippen LogP contribution in [0.4, 0.5) is 0 Å². The van der Waals surface area contributed by atoms with Crippen molar-refractivity contribution in [1.29, 1.82) is 0 Å². The third-order valence-electron chi connectivity index (χ3n) is 5.68. The summed E-state index contributed by atoms with van der Waals surface area (Å²) in [4.78, 5) is 12.8. The van der Waals surface area contributed by atoms with Gasteiger partial charge in [-0.1, -0.05) is 51.9 Å². The Bertz CT molecular complexity index is 308. The number of carbonyl (C=O) groups excluding carboxylic acids is 1. The number of carbonyl (C=O) groups is 1. The summed E-state index contributed by atoms with van der Waals surface area (Å²) in [6.07, 6.45) is 13.0. The number of amides is 1. The highest BCUT2D eigenvalue weighted by Crippen LogP contribution is 2.35. The maximum atomic E-state index is 12.8. The molecule has 116 valence electrons. The molecule has 3 N–H and O–H groups in total. The summed E-state index contributed by atoms with van der Waals surface area (Å²) in [5.41, 5.74) is 5.75. The molecule has 2 atom stereocenters. The molecule has 2 aliphatic rings. The Morgan fingerprint density at radius 2 is 1.75 bits per heavy atom. The van der Waals surface area contributed by atoms with Crippen molar-refractivity contribution in [2.75, 3.05) is 6.54 Å². The molecule has 0 spiro atoms.